The number of rotatable bonds is 6. The number of nitrogens with zero attached hydrogens (tertiary/aromatic N) is 1. The van der Waals surface area contributed by atoms with E-state index in [1.807, 2.05) is 25.7 Å². The molecule has 2 N–H and O–H groups in total. The number of phenols is 1. The molecule has 0 aliphatic heterocycles. The lowest BCUT2D eigenvalue weighted by Crippen LogP contribution is -2.39. The van der Waals surface area contributed by atoms with E-state index in [2.05, 4.69) is 5.32 Å². The van der Waals surface area contributed by atoms with E-state index in [-0.39, 0.29) is 17.7 Å². The summed E-state index contributed by atoms with van der Waals surface area (Å²) in [6.07, 6.45) is 0. The molecule has 1 aromatic carbocycles. The third-order valence-electron chi connectivity index (χ3n) is 2.70. The standard InChI is InChI=1S/C14H21ClN2O2/c1-4-17(9-14(19)16-10(2)3)8-11-7-12(15)5-6-13(11)18/h5-7,10,18H,4,8-9H2,1-3H3,(H,16,19). The number of benzene rings is 1. The number of likely N-dealkylation sites (N-methyl/N-ethyl adjacent to an activating group) is 1. The zero-order valence-electron chi connectivity index (χ0n) is 11.6. The van der Waals surface area contributed by atoms with Crippen molar-refractivity contribution in [3.63, 3.8) is 0 Å². The van der Waals surface area contributed by atoms with E-state index in [4.69, 9.17) is 11.6 Å². The Bertz CT molecular complexity index is 435. The van der Waals surface area contributed by atoms with Gasteiger partial charge in [0, 0.05) is 23.2 Å². The lowest BCUT2D eigenvalue weighted by Gasteiger charge is -2.21. The minimum atomic E-state index is -0.0154. The van der Waals surface area contributed by atoms with Gasteiger partial charge in [-0.15, -0.1) is 0 Å². The van der Waals surface area contributed by atoms with Crippen molar-refractivity contribution in [2.24, 2.45) is 0 Å². The van der Waals surface area contributed by atoms with Crippen molar-refractivity contribution in [3.05, 3.63) is 28.8 Å². The van der Waals surface area contributed by atoms with E-state index < -0.39 is 0 Å². The molecule has 4 nitrogen and oxygen atoms in total. The second-order valence-electron chi connectivity index (χ2n) is 4.80. The third kappa shape index (κ3) is 5.49. The number of aromatic hydroxyl groups is 1. The second-order valence-corrected chi connectivity index (χ2v) is 5.23. The van der Waals surface area contributed by atoms with Crippen LogP contribution < -0.4 is 5.32 Å². The molecule has 0 radical (unpaired) electrons. The zero-order valence-corrected chi connectivity index (χ0v) is 12.4. The lowest BCUT2D eigenvalue weighted by molar-refractivity contribution is -0.122. The minimum absolute atomic E-state index is 0.0154. The number of phenolic OH excluding ortho intramolecular Hbond substituents is 1. The van der Waals surface area contributed by atoms with Crippen molar-refractivity contribution in [2.45, 2.75) is 33.4 Å². The number of hydrogen-bond acceptors (Lipinski definition) is 3. The molecular formula is C14H21ClN2O2. The number of amides is 1. The molecule has 0 aliphatic carbocycles. The van der Waals surface area contributed by atoms with E-state index in [9.17, 15) is 9.90 Å². The maximum Gasteiger partial charge on any atom is 0.234 e. The Morgan fingerprint density at radius 1 is 1.47 bits per heavy atom. The summed E-state index contributed by atoms with van der Waals surface area (Å²) in [7, 11) is 0. The highest BCUT2D eigenvalue weighted by Crippen LogP contribution is 2.22. The van der Waals surface area contributed by atoms with Crippen molar-refractivity contribution >= 4 is 17.5 Å². The molecule has 5 heteroatoms. The molecule has 0 bridgehead atoms. The molecule has 1 rings (SSSR count). The van der Waals surface area contributed by atoms with Crippen LogP contribution in [0.2, 0.25) is 5.02 Å². The van der Waals surface area contributed by atoms with Gasteiger partial charge < -0.3 is 10.4 Å². The Morgan fingerprint density at radius 3 is 2.74 bits per heavy atom. The summed E-state index contributed by atoms with van der Waals surface area (Å²) in [4.78, 5) is 13.7. The van der Waals surface area contributed by atoms with Crippen LogP contribution in [0.1, 0.15) is 26.3 Å². The fraction of sp³-hybridized carbons (Fsp3) is 0.500. The van der Waals surface area contributed by atoms with Gasteiger partial charge in [0.05, 0.1) is 6.54 Å². The van der Waals surface area contributed by atoms with Crippen LogP contribution >= 0.6 is 11.6 Å². The van der Waals surface area contributed by atoms with Gasteiger partial charge in [0.2, 0.25) is 5.91 Å². The summed E-state index contributed by atoms with van der Waals surface area (Å²) in [6.45, 7) is 7.35. The minimum Gasteiger partial charge on any atom is -0.508 e. The van der Waals surface area contributed by atoms with E-state index in [0.29, 0.717) is 18.1 Å². The molecule has 0 aromatic heterocycles. The molecule has 0 spiro atoms. The number of nitrogens with one attached hydrogen (secondary N) is 1. The van der Waals surface area contributed by atoms with Crippen LogP contribution in [0.3, 0.4) is 0 Å². The predicted octanol–water partition coefficient (Wildman–Crippen LogP) is 2.39. The highest BCUT2D eigenvalue weighted by atomic mass is 35.5. The van der Waals surface area contributed by atoms with Crippen LogP contribution in [0.15, 0.2) is 18.2 Å². The van der Waals surface area contributed by atoms with E-state index >= 15 is 0 Å². The molecule has 1 amide bonds. The van der Waals surface area contributed by atoms with Crippen molar-refractivity contribution in [1.82, 2.24) is 10.2 Å². The van der Waals surface area contributed by atoms with Gasteiger partial charge in [-0.3, -0.25) is 9.69 Å². The third-order valence-corrected chi connectivity index (χ3v) is 2.93. The van der Waals surface area contributed by atoms with Crippen molar-refractivity contribution < 1.29 is 9.90 Å². The maximum atomic E-state index is 11.7. The topological polar surface area (TPSA) is 52.6 Å². The highest BCUT2D eigenvalue weighted by molar-refractivity contribution is 6.30. The molecule has 0 atom stereocenters. The summed E-state index contributed by atoms with van der Waals surface area (Å²) in [5.41, 5.74) is 0.728. The van der Waals surface area contributed by atoms with E-state index in [0.717, 1.165) is 12.1 Å². The first-order chi connectivity index (χ1) is 8.92. The van der Waals surface area contributed by atoms with Crippen molar-refractivity contribution in [1.29, 1.82) is 0 Å². The normalized spacial score (nSPS) is 11.1. The quantitative estimate of drug-likeness (QED) is 0.843. The summed E-state index contributed by atoms with van der Waals surface area (Å²) in [5.74, 6) is 0.186. The van der Waals surface area contributed by atoms with Gasteiger partial charge in [0.15, 0.2) is 0 Å². The molecule has 106 valence electrons. The monoisotopic (exact) mass is 284 g/mol. The Balaban J connectivity index is 2.66. The first kappa shape index (κ1) is 15.8. The van der Waals surface area contributed by atoms with Gasteiger partial charge in [-0.05, 0) is 38.6 Å². The van der Waals surface area contributed by atoms with Crippen molar-refractivity contribution in [3.8, 4) is 5.75 Å². The van der Waals surface area contributed by atoms with Gasteiger partial charge in [-0.1, -0.05) is 18.5 Å². The average molecular weight is 285 g/mol. The highest BCUT2D eigenvalue weighted by Gasteiger charge is 2.12. The van der Waals surface area contributed by atoms with Gasteiger partial charge in [0.1, 0.15) is 5.75 Å². The SMILES string of the molecule is CCN(CC(=O)NC(C)C)Cc1cc(Cl)ccc1O. The Morgan fingerprint density at radius 2 is 2.16 bits per heavy atom. The first-order valence-electron chi connectivity index (χ1n) is 6.41. The number of hydrogen-bond donors (Lipinski definition) is 2. The molecule has 0 aliphatic rings. The lowest BCUT2D eigenvalue weighted by atomic mass is 10.2. The number of halogens is 1. The number of carbonyl (C=O) groups is 1. The van der Waals surface area contributed by atoms with Gasteiger partial charge in [0.25, 0.3) is 0 Å². The van der Waals surface area contributed by atoms with Crippen LogP contribution in [-0.2, 0) is 11.3 Å². The van der Waals surface area contributed by atoms with E-state index in [1.54, 1.807) is 18.2 Å². The largest absolute Gasteiger partial charge is 0.508 e. The van der Waals surface area contributed by atoms with Gasteiger partial charge in [-0.25, -0.2) is 0 Å². The van der Waals surface area contributed by atoms with Crippen LogP contribution in [-0.4, -0.2) is 35.0 Å². The molecule has 1 aromatic rings. The van der Waals surface area contributed by atoms with Gasteiger partial charge >= 0.3 is 0 Å². The van der Waals surface area contributed by atoms with Crippen molar-refractivity contribution in [2.75, 3.05) is 13.1 Å². The molecular weight excluding hydrogens is 264 g/mol. The van der Waals surface area contributed by atoms with E-state index in [1.165, 1.54) is 0 Å². The second kappa shape index (κ2) is 7.36. The summed E-state index contributed by atoms with van der Waals surface area (Å²) < 4.78 is 0. The Kier molecular flexibility index (Phi) is 6.12. The summed E-state index contributed by atoms with van der Waals surface area (Å²) in [5, 5.41) is 13.2. The molecule has 0 unspecified atom stereocenters. The fourth-order valence-corrected chi connectivity index (χ4v) is 1.97. The smallest absolute Gasteiger partial charge is 0.234 e. The first-order valence-corrected chi connectivity index (χ1v) is 6.79. The molecule has 0 fully saturated rings. The Hall–Kier alpha value is -1.26. The molecule has 0 heterocycles. The maximum absolute atomic E-state index is 11.7. The van der Waals surface area contributed by atoms with Crippen LogP contribution in [0.5, 0.6) is 5.75 Å². The molecule has 0 saturated carbocycles. The van der Waals surface area contributed by atoms with Gasteiger partial charge in [-0.2, -0.15) is 0 Å². The van der Waals surface area contributed by atoms with Crippen LogP contribution in [0.25, 0.3) is 0 Å². The Labute approximate surface area is 119 Å². The molecule has 0 saturated heterocycles. The molecule has 19 heavy (non-hydrogen) atoms. The van der Waals surface area contributed by atoms with Crippen LogP contribution in [0.4, 0.5) is 0 Å². The fourth-order valence-electron chi connectivity index (χ4n) is 1.77. The number of carbonyl (C=O) groups excluding carboxylic acids is 1. The summed E-state index contributed by atoms with van der Waals surface area (Å²) >= 11 is 5.91. The van der Waals surface area contributed by atoms with Crippen LogP contribution in [0, 0.1) is 0 Å². The zero-order chi connectivity index (χ0) is 14.4. The predicted molar refractivity (Wildman–Crippen MR) is 77.3 cm³/mol. The summed E-state index contributed by atoms with van der Waals surface area (Å²) in [6, 6.07) is 5.06. The average Bonchev–Trinajstić information content (AvgIpc) is 2.31.